The van der Waals surface area contributed by atoms with Gasteiger partial charge in [0.2, 0.25) is 11.8 Å². The van der Waals surface area contributed by atoms with Crippen LogP contribution in [-0.2, 0) is 30.3 Å². The van der Waals surface area contributed by atoms with E-state index in [1.54, 1.807) is 65.8 Å². The third-order valence-corrected chi connectivity index (χ3v) is 7.68. The fourth-order valence-electron chi connectivity index (χ4n) is 4.94. The van der Waals surface area contributed by atoms with Crippen LogP contribution in [0.2, 0.25) is 0 Å². The van der Waals surface area contributed by atoms with Crippen molar-refractivity contribution in [2.45, 2.75) is 124 Å². The number of rotatable bonds is 13. The second kappa shape index (κ2) is 17.0. The zero-order valence-electron chi connectivity index (χ0n) is 29.7. The molecule has 0 spiro atoms. The predicted octanol–water partition coefficient (Wildman–Crippen LogP) is 6.34. The van der Waals surface area contributed by atoms with Gasteiger partial charge in [0.1, 0.15) is 29.3 Å². The molecular weight excluding hydrogens is 594 g/mol. The number of ether oxygens (including phenoxy) is 2. The Morgan fingerprint density at radius 3 is 1.89 bits per heavy atom. The van der Waals surface area contributed by atoms with Crippen molar-refractivity contribution in [2.75, 3.05) is 0 Å². The predicted molar refractivity (Wildman–Crippen MR) is 184 cm³/mol. The lowest BCUT2D eigenvalue weighted by molar-refractivity contribution is -0.159. The zero-order valence-corrected chi connectivity index (χ0v) is 29.7. The van der Waals surface area contributed by atoms with E-state index < -0.39 is 59.2 Å². The van der Waals surface area contributed by atoms with Gasteiger partial charge in [-0.05, 0) is 84.1 Å². The molecule has 2 rings (SSSR count). The summed E-state index contributed by atoms with van der Waals surface area (Å²) in [4.78, 5) is 57.1. The minimum absolute atomic E-state index is 0.178. The molecule has 5 unspecified atom stereocenters. The number of hydrogen-bond donors (Lipinski definition) is 2. The highest BCUT2D eigenvalue weighted by Crippen LogP contribution is 2.29. The standard InChI is InChI=1S/C38H53N3O6/c1-12-25(4)31(40-36(45)47-38(9,10)11)34(43)41(26(5)13-2)32(29-22-20-27(14-3)21-23-29)33(42)39-30(35(44)46-37(6,7)8)24-28-18-16-15-17-19-28/h3,15-23,25-26,30-32H,12-13,24H2,1-2,4-11H3,(H,39,42)(H,40,45). The van der Waals surface area contributed by atoms with Crippen LogP contribution in [0.4, 0.5) is 4.79 Å². The van der Waals surface area contributed by atoms with E-state index in [2.05, 4.69) is 16.6 Å². The first-order chi connectivity index (χ1) is 21.9. The molecule has 9 heteroatoms. The number of nitrogens with zero attached hydrogens (tertiary/aromatic N) is 1. The maximum absolute atomic E-state index is 14.6. The summed E-state index contributed by atoms with van der Waals surface area (Å²) in [6.45, 7) is 18.1. The van der Waals surface area contributed by atoms with Crippen molar-refractivity contribution >= 4 is 23.9 Å². The van der Waals surface area contributed by atoms with E-state index in [-0.39, 0.29) is 12.3 Å². The Kier molecular flexibility index (Phi) is 14.1. The Labute approximate surface area is 281 Å². The zero-order chi connectivity index (χ0) is 35.5. The number of amides is 3. The van der Waals surface area contributed by atoms with Crippen LogP contribution < -0.4 is 10.6 Å². The van der Waals surface area contributed by atoms with E-state index in [1.807, 2.05) is 58.0 Å². The Morgan fingerprint density at radius 1 is 0.830 bits per heavy atom. The molecule has 0 saturated carbocycles. The molecule has 2 N–H and O–H groups in total. The molecule has 0 fully saturated rings. The average molecular weight is 648 g/mol. The summed E-state index contributed by atoms with van der Waals surface area (Å²) in [7, 11) is 0. The van der Waals surface area contributed by atoms with Gasteiger partial charge in [-0.25, -0.2) is 9.59 Å². The molecule has 3 amide bonds. The quantitative estimate of drug-likeness (QED) is 0.194. The Morgan fingerprint density at radius 2 is 1.40 bits per heavy atom. The second-order valence-electron chi connectivity index (χ2n) is 14.0. The lowest BCUT2D eigenvalue weighted by Crippen LogP contribution is -2.58. The first kappa shape index (κ1) is 38.9. The summed E-state index contributed by atoms with van der Waals surface area (Å²) in [6, 6.07) is 12.5. The molecule has 0 saturated heterocycles. The number of nitrogens with one attached hydrogen (secondary N) is 2. The summed E-state index contributed by atoms with van der Waals surface area (Å²) < 4.78 is 11.2. The molecular formula is C38H53N3O6. The molecule has 0 radical (unpaired) electrons. The monoisotopic (exact) mass is 647 g/mol. The van der Waals surface area contributed by atoms with Crippen LogP contribution in [0.25, 0.3) is 0 Å². The number of esters is 1. The van der Waals surface area contributed by atoms with Gasteiger partial charge in [-0.15, -0.1) is 6.42 Å². The Bertz CT molecular complexity index is 1390. The molecule has 0 heterocycles. The van der Waals surface area contributed by atoms with Gasteiger partial charge in [0, 0.05) is 18.0 Å². The summed E-state index contributed by atoms with van der Waals surface area (Å²) in [5, 5.41) is 5.70. The first-order valence-electron chi connectivity index (χ1n) is 16.4. The van der Waals surface area contributed by atoms with Gasteiger partial charge in [-0.3, -0.25) is 9.59 Å². The largest absolute Gasteiger partial charge is 0.458 e. The molecule has 47 heavy (non-hydrogen) atoms. The number of terminal acetylenes is 1. The number of hydrogen-bond acceptors (Lipinski definition) is 6. The van der Waals surface area contributed by atoms with Gasteiger partial charge in [-0.1, -0.05) is 75.6 Å². The molecule has 2 aromatic rings. The topological polar surface area (TPSA) is 114 Å². The molecule has 0 aliphatic carbocycles. The summed E-state index contributed by atoms with van der Waals surface area (Å²) in [5.41, 5.74) is 0.357. The van der Waals surface area contributed by atoms with Crippen molar-refractivity contribution in [1.82, 2.24) is 15.5 Å². The maximum Gasteiger partial charge on any atom is 0.408 e. The minimum Gasteiger partial charge on any atom is -0.458 e. The summed E-state index contributed by atoms with van der Waals surface area (Å²) >= 11 is 0. The van der Waals surface area contributed by atoms with Crippen molar-refractivity contribution in [2.24, 2.45) is 5.92 Å². The SMILES string of the molecule is C#Cc1ccc(C(C(=O)NC(Cc2ccccc2)C(=O)OC(C)(C)C)N(C(=O)C(NC(=O)OC(C)(C)C)C(C)CC)C(C)CC)cc1. The molecule has 0 aliphatic rings. The average Bonchev–Trinajstić information content (AvgIpc) is 2.99. The van der Waals surface area contributed by atoms with Gasteiger partial charge in [0.25, 0.3) is 0 Å². The number of carbonyl (C=O) groups is 4. The van der Waals surface area contributed by atoms with Gasteiger partial charge in [-0.2, -0.15) is 0 Å². The molecule has 2 aromatic carbocycles. The Hall–Kier alpha value is -4.32. The van der Waals surface area contributed by atoms with Crippen LogP contribution in [0.1, 0.15) is 105 Å². The highest BCUT2D eigenvalue weighted by molar-refractivity contribution is 5.94. The molecule has 0 aromatic heterocycles. The van der Waals surface area contributed by atoms with Crippen LogP contribution >= 0.6 is 0 Å². The van der Waals surface area contributed by atoms with Crippen LogP contribution in [0, 0.1) is 18.3 Å². The van der Waals surface area contributed by atoms with E-state index in [9.17, 15) is 19.2 Å². The minimum atomic E-state index is -1.17. The molecule has 9 nitrogen and oxygen atoms in total. The lowest BCUT2D eigenvalue weighted by atomic mass is 9.93. The van der Waals surface area contributed by atoms with Crippen molar-refractivity contribution < 1.29 is 28.7 Å². The van der Waals surface area contributed by atoms with E-state index in [4.69, 9.17) is 15.9 Å². The third-order valence-electron chi connectivity index (χ3n) is 7.68. The van der Waals surface area contributed by atoms with Gasteiger partial charge in [0.05, 0.1) is 0 Å². The van der Waals surface area contributed by atoms with Crippen LogP contribution in [0.5, 0.6) is 0 Å². The van der Waals surface area contributed by atoms with Crippen LogP contribution in [-0.4, -0.2) is 58.1 Å². The van der Waals surface area contributed by atoms with Crippen molar-refractivity contribution in [3.63, 3.8) is 0 Å². The second-order valence-corrected chi connectivity index (χ2v) is 14.0. The Balaban J connectivity index is 2.68. The van der Waals surface area contributed by atoms with Crippen molar-refractivity contribution in [3.8, 4) is 12.3 Å². The van der Waals surface area contributed by atoms with E-state index >= 15 is 0 Å². The fourth-order valence-corrected chi connectivity index (χ4v) is 4.94. The van der Waals surface area contributed by atoms with Crippen molar-refractivity contribution in [3.05, 3.63) is 71.3 Å². The number of alkyl carbamates (subject to hydrolysis) is 1. The van der Waals surface area contributed by atoms with E-state index in [0.29, 0.717) is 24.0 Å². The summed E-state index contributed by atoms with van der Waals surface area (Å²) in [6.07, 6.45) is 6.15. The molecule has 0 aliphatic heterocycles. The fraction of sp³-hybridized carbons (Fsp3) is 0.526. The van der Waals surface area contributed by atoms with E-state index in [0.717, 1.165) is 5.56 Å². The van der Waals surface area contributed by atoms with Gasteiger partial charge < -0.3 is 25.0 Å². The highest BCUT2D eigenvalue weighted by atomic mass is 16.6. The first-order valence-corrected chi connectivity index (χ1v) is 16.4. The maximum atomic E-state index is 14.6. The van der Waals surface area contributed by atoms with Crippen LogP contribution in [0.15, 0.2) is 54.6 Å². The van der Waals surface area contributed by atoms with Gasteiger partial charge >= 0.3 is 12.1 Å². The number of carbonyl (C=O) groups excluding carboxylic acids is 4. The van der Waals surface area contributed by atoms with E-state index in [1.165, 1.54) is 4.90 Å². The third kappa shape index (κ3) is 12.1. The van der Waals surface area contributed by atoms with Crippen LogP contribution in [0.3, 0.4) is 0 Å². The van der Waals surface area contributed by atoms with Crippen molar-refractivity contribution in [1.29, 1.82) is 0 Å². The number of benzene rings is 2. The highest BCUT2D eigenvalue weighted by Gasteiger charge is 2.41. The summed E-state index contributed by atoms with van der Waals surface area (Å²) in [5.74, 6) is 0.679. The smallest absolute Gasteiger partial charge is 0.408 e. The molecule has 0 bridgehead atoms. The lowest BCUT2D eigenvalue weighted by Gasteiger charge is -2.40. The normalized spacial score (nSPS) is 14.7. The molecule has 5 atom stereocenters. The molecule has 256 valence electrons. The van der Waals surface area contributed by atoms with Gasteiger partial charge in [0.15, 0.2) is 0 Å².